The van der Waals surface area contributed by atoms with Crippen molar-refractivity contribution in [3.05, 3.63) is 76.7 Å². The molecule has 0 bridgehead atoms. The van der Waals surface area contributed by atoms with E-state index in [1.807, 2.05) is 35.1 Å². The van der Waals surface area contributed by atoms with Crippen LogP contribution < -0.4 is 5.32 Å². The van der Waals surface area contributed by atoms with E-state index >= 15 is 0 Å². The van der Waals surface area contributed by atoms with Crippen molar-refractivity contribution in [3.8, 4) is 0 Å². The van der Waals surface area contributed by atoms with Gasteiger partial charge in [0.1, 0.15) is 0 Å². The van der Waals surface area contributed by atoms with Gasteiger partial charge < -0.3 is 10.1 Å². The van der Waals surface area contributed by atoms with Gasteiger partial charge in [-0.15, -0.1) is 0 Å². The van der Waals surface area contributed by atoms with Crippen LogP contribution in [0.25, 0.3) is 0 Å². The Bertz CT molecular complexity index is 807. The first kappa shape index (κ1) is 17.9. The van der Waals surface area contributed by atoms with Crippen molar-refractivity contribution in [1.82, 2.24) is 15.1 Å². The number of carbonyl (C=O) groups excluding carboxylic acids is 1. The van der Waals surface area contributed by atoms with E-state index in [0.717, 1.165) is 11.1 Å². The summed E-state index contributed by atoms with van der Waals surface area (Å²) < 4.78 is 7.45. The van der Waals surface area contributed by atoms with Crippen molar-refractivity contribution in [3.63, 3.8) is 0 Å². The molecule has 1 saturated heterocycles. The van der Waals surface area contributed by atoms with Gasteiger partial charge in [0.15, 0.2) is 0 Å². The molecule has 1 amide bonds. The van der Waals surface area contributed by atoms with E-state index in [9.17, 15) is 4.79 Å². The van der Waals surface area contributed by atoms with Gasteiger partial charge in [-0.3, -0.25) is 9.48 Å². The summed E-state index contributed by atoms with van der Waals surface area (Å²) in [5.74, 6) is 0.0735. The van der Waals surface area contributed by atoms with Crippen molar-refractivity contribution in [2.75, 3.05) is 19.8 Å². The van der Waals surface area contributed by atoms with Gasteiger partial charge in [0.05, 0.1) is 11.5 Å². The maximum absolute atomic E-state index is 13.4. The van der Waals surface area contributed by atoms with Crippen molar-refractivity contribution in [2.45, 2.75) is 24.3 Å². The molecule has 0 aliphatic carbocycles. The van der Waals surface area contributed by atoms with E-state index in [0.29, 0.717) is 32.6 Å². The number of benzene rings is 1. The topological polar surface area (TPSA) is 56.2 Å². The summed E-state index contributed by atoms with van der Waals surface area (Å²) in [6.07, 6.45) is 5.11. The van der Waals surface area contributed by atoms with Crippen molar-refractivity contribution >= 4 is 17.2 Å². The molecule has 3 aromatic rings. The number of amides is 1. The minimum Gasteiger partial charge on any atom is -0.381 e. The summed E-state index contributed by atoms with van der Waals surface area (Å²) in [6, 6.07) is 14.1. The predicted octanol–water partition coefficient (Wildman–Crippen LogP) is 3.40. The maximum atomic E-state index is 13.4. The Labute approximate surface area is 163 Å². The standard InChI is InChI=1S/C21H23N3O2S/c25-20(21(8-12-26-13-9-21)18-5-2-1-3-6-18)22-15-19(17-7-14-27-16-17)24-11-4-10-23-24/h1-7,10-11,14,16,19H,8-9,12-13,15H2,(H,22,25). The average Bonchev–Trinajstić information content (AvgIpc) is 3.44. The molecule has 3 heterocycles. The Morgan fingerprint density at radius 3 is 2.70 bits per heavy atom. The molecule has 6 heteroatoms. The van der Waals surface area contributed by atoms with E-state index in [4.69, 9.17) is 4.74 Å². The number of rotatable bonds is 6. The largest absolute Gasteiger partial charge is 0.381 e. The predicted molar refractivity (Wildman–Crippen MR) is 106 cm³/mol. The second kappa shape index (κ2) is 8.06. The number of nitrogens with one attached hydrogen (secondary N) is 1. The van der Waals surface area contributed by atoms with Crippen LogP contribution in [0.5, 0.6) is 0 Å². The first-order valence-electron chi connectivity index (χ1n) is 9.22. The molecule has 4 rings (SSSR count). The zero-order chi connectivity index (χ0) is 18.5. The van der Waals surface area contributed by atoms with Gasteiger partial charge in [0.2, 0.25) is 5.91 Å². The number of carbonyl (C=O) groups is 1. The number of hydrogen-bond acceptors (Lipinski definition) is 4. The molecule has 1 fully saturated rings. The Morgan fingerprint density at radius 2 is 2.04 bits per heavy atom. The lowest BCUT2D eigenvalue weighted by molar-refractivity contribution is -0.130. The molecule has 5 nitrogen and oxygen atoms in total. The molecule has 0 radical (unpaired) electrons. The highest BCUT2D eigenvalue weighted by atomic mass is 32.1. The lowest BCUT2D eigenvalue weighted by Crippen LogP contribution is -2.49. The highest BCUT2D eigenvalue weighted by molar-refractivity contribution is 7.07. The number of thiophene rings is 1. The van der Waals surface area contributed by atoms with E-state index < -0.39 is 5.41 Å². The molecule has 1 aliphatic rings. The molecule has 1 N–H and O–H groups in total. The second-order valence-corrected chi connectivity index (χ2v) is 7.61. The molecule has 1 aromatic carbocycles. The maximum Gasteiger partial charge on any atom is 0.230 e. The van der Waals surface area contributed by atoms with Gasteiger partial charge in [-0.25, -0.2) is 0 Å². The molecule has 1 unspecified atom stereocenters. The smallest absolute Gasteiger partial charge is 0.230 e. The van der Waals surface area contributed by atoms with Crippen LogP contribution >= 0.6 is 11.3 Å². The van der Waals surface area contributed by atoms with Crippen LogP contribution in [0, 0.1) is 0 Å². The molecule has 0 saturated carbocycles. The number of hydrogen-bond donors (Lipinski definition) is 1. The summed E-state index contributed by atoms with van der Waals surface area (Å²) >= 11 is 1.65. The minimum atomic E-state index is -0.525. The van der Waals surface area contributed by atoms with E-state index in [-0.39, 0.29) is 11.9 Å². The summed E-state index contributed by atoms with van der Waals surface area (Å²) in [4.78, 5) is 13.4. The zero-order valence-corrected chi connectivity index (χ0v) is 15.9. The second-order valence-electron chi connectivity index (χ2n) is 6.83. The molecule has 2 aromatic heterocycles. The Balaban J connectivity index is 1.56. The molecule has 1 atom stereocenters. The van der Waals surface area contributed by atoms with Crippen molar-refractivity contribution in [2.24, 2.45) is 0 Å². The van der Waals surface area contributed by atoms with Gasteiger partial charge >= 0.3 is 0 Å². The molecule has 140 valence electrons. The third kappa shape index (κ3) is 3.68. The minimum absolute atomic E-state index is 0.0112. The zero-order valence-electron chi connectivity index (χ0n) is 15.1. The monoisotopic (exact) mass is 381 g/mol. The van der Waals surface area contributed by atoms with E-state index in [2.05, 4.69) is 39.4 Å². The highest BCUT2D eigenvalue weighted by Crippen LogP contribution is 2.35. The number of nitrogens with zero attached hydrogens (tertiary/aromatic N) is 2. The van der Waals surface area contributed by atoms with Crippen LogP contribution in [0.4, 0.5) is 0 Å². The van der Waals surface area contributed by atoms with Crippen LogP contribution in [-0.4, -0.2) is 35.4 Å². The van der Waals surface area contributed by atoms with Crippen LogP contribution in [0.1, 0.15) is 30.0 Å². The number of aromatic nitrogens is 2. The summed E-state index contributed by atoms with van der Waals surface area (Å²) in [7, 11) is 0. The van der Waals surface area contributed by atoms with Gasteiger partial charge in [0.25, 0.3) is 0 Å². The summed E-state index contributed by atoms with van der Waals surface area (Å²) in [5.41, 5.74) is 1.70. The average molecular weight is 382 g/mol. The van der Waals surface area contributed by atoms with E-state index in [1.165, 1.54) is 0 Å². The van der Waals surface area contributed by atoms with Crippen LogP contribution in [-0.2, 0) is 14.9 Å². The summed E-state index contributed by atoms with van der Waals surface area (Å²) in [6.45, 7) is 1.72. The third-order valence-electron chi connectivity index (χ3n) is 5.34. The van der Waals surface area contributed by atoms with Gasteiger partial charge in [-0.2, -0.15) is 16.4 Å². The normalized spacial score (nSPS) is 17.3. The third-order valence-corrected chi connectivity index (χ3v) is 6.04. The van der Waals surface area contributed by atoms with Crippen molar-refractivity contribution < 1.29 is 9.53 Å². The molecular weight excluding hydrogens is 358 g/mol. The Kier molecular flexibility index (Phi) is 5.36. The van der Waals surface area contributed by atoms with Gasteiger partial charge in [0, 0.05) is 32.2 Å². The first-order valence-corrected chi connectivity index (χ1v) is 10.2. The Hall–Kier alpha value is -2.44. The summed E-state index contributed by atoms with van der Waals surface area (Å²) in [5, 5.41) is 11.8. The van der Waals surface area contributed by atoms with Gasteiger partial charge in [-0.1, -0.05) is 30.3 Å². The quantitative estimate of drug-likeness (QED) is 0.712. The first-order chi connectivity index (χ1) is 13.3. The molecule has 1 aliphatic heterocycles. The molecule has 27 heavy (non-hydrogen) atoms. The van der Waals surface area contributed by atoms with E-state index in [1.54, 1.807) is 17.5 Å². The molecular formula is C21H23N3O2S. The van der Waals surface area contributed by atoms with Crippen LogP contribution in [0.3, 0.4) is 0 Å². The number of ether oxygens (including phenoxy) is 1. The highest BCUT2D eigenvalue weighted by Gasteiger charge is 2.41. The fourth-order valence-corrected chi connectivity index (χ4v) is 4.48. The van der Waals surface area contributed by atoms with Crippen LogP contribution in [0.2, 0.25) is 0 Å². The van der Waals surface area contributed by atoms with Crippen LogP contribution in [0.15, 0.2) is 65.6 Å². The van der Waals surface area contributed by atoms with Crippen molar-refractivity contribution in [1.29, 1.82) is 0 Å². The van der Waals surface area contributed by atoms with Gasteiger partial charge in [-0.05, 0) is 46.9 Å². The lowest BCUT2D eigenvalue weighted by Gasteiger charge is -2.36. The molecule has 0 spiro atoms. The fourth-order valence-electron chi connectivity index (χ4n) is 3.78. The Morgan fingerprint density at radius 1 is 1.22 bits per heavy atom. The SMILES string of the molecule is O=C(NCC(c1ccsc1)n1cccn1)C1(c2ccccc2)CCOCC1. The lowest BCUT2D eigenvalue weighted by atomic mass is 9.73. The fraction of sp³-hybridized carbons (Fsp3) is 0.333.